The maximum absolute atomic E-state index is 13.2. The highest BCUT2D eigenvalue weighted by Crippen LogP contribution is 2.31. The van der Waals surface area contributed by atoms with Crippen molar-refractivity contribution < 1.29 is 14.7 Å². The van der Waals surface area contributed by atoms with Gasteiger partial charge in [0.2, 0.25) is 0 Å². The first-order valence-electron chi connectivity index (χ1n) is 10.8. The summed E-state index contributed by atoms with van der Waals surface area (Å²) in [5, 5.41) is 14.1. The molecule has 0 aliphatic heterocycles. The lowest BCUT2D eigenvalue weighted by Crippen LogP contribution is -2.40. The summed E-state index contributed by atoms with van der Waals surface area (Å²) in [7, 11) is 0. The van der Waals surface area contributed by atoms with Gasteiger partial charge in [-0.1, -0.05) is 35.9 Å². The van der Waals surface area contributed by atoms with Gasteiger partial charge < -0.3 is 15.0 Å². The van der Waals surface area contributed by atoms with Crippen molar-refractivity contribution in [1.29, 1.82) is 0 Å². The predicted octanol–water partition coefficient (Wildman–Crippen LogP) is 5.35. The second kappa shape index (κ2) is 9.15. The van der Waals surface area contributed by atoms with Crippen LogP contribution < -0.4 is 5.32 Å². The summed E-state index contributed by atoms with van der Waals surface area (Å²) < 4.78 is 2.09. The maximum Gasteiger partial charge on any atom is 0.306 e. The second-order valence-corrected chi connectivity index (χ2v) is 8.96. The Labute approximate surface area is 187 Å². The summed E-state index contributed by atoms with van der Waals surface area (Å²) in [6.07, 6.45) is 5.03. The fraction of sp³-hybridized carbons (Fsp3) is 0.360. The van der Waals surface area contributed by atoms with E-state index in [1.54, 1.807) is 0 Å². The molecular formula is C25H27ClN2O3. The minimum absolute atomic E-state index is 0.00261. The van der Waals surface area contributed by atoms with Crippen molar-refractivity contribution in [2.75, 3.05) is 0 Å². The zero-order valence-electron chi connectivity index (χ0n) is 17.6. The van der Waals surface area contributed by atoms with E-state index in [0.29, 0.717) is 35.9 Å². The fourth-order valence-electron chi connectivity index (χ4n) is 4.63. The monoisotopic (exact) mass is 438 g/mol. The maximum atomic E-state index is 13.2. The number of carboxylic acids is 1. The Morgan fingerprint density at radius 3 is 2.48 bits per heavy atom. The molecule has 1 heterocycles. The van der Waals surface area contributed by atoms with Crippen LogP contribution in [0.25, 0.3) is 10.9 Å². The molecule has 0 spiro atoms. The Kier molecular flexibility index (Phi) is 6.33. The number of halogens is 1. The lowest BCUT2D eigenvalue weighted by molar-refractivity contribution is -0.143. The van der Waals surface area contributed by atoms with Crippen LogP contribution in [0.2, 0.25) is 5.02 Å². The molecule has 1 atom stereocenters. The zero-order chi connectivity index (χ0) is 22.0. The number of hydrogen-bond acceptors (Lipinski definition) is 2. The zero-order valence-corrected chi connectivity index (χ0v) is 18.3. The van der Waals surface area contributed by atoms with Gasteiger partial charge in [-0.15, -0.1) is 0 Å². The number of hydrogen-bond donors (Lipinski definition) is 2. The molecule has 0 saturated heterocycles. The van der Waals surface area contributed by atoms with E-state index >= 15 is 0 Å². The van der Waals surface area contributed by atoms with Crippen LogP contribution in [0.3, 0.4) is 0 Å². The Balaban J connectivity index is 1.51. The third kappa shape index (κ3) is 4.77. The minimum Gasteiger partial charge on any atom is -0.481 e. The number of carboxylic acid groups (broad SMARTS) is 1. The smallest absolute Gasteiger partial charge is 0.306 e. The Morgan fingerprint density at radius 1 is 1.10 bits per heavy atom. The molecule has 162 valence electrons. The average molecular weight is 439 g/mol. The van der Waals surface area contributed by atoms with Crippen LogP contribution in [0.15, 0.2) is 54.7 Å². The topological polar surface area (TPSA) is 71.3 Å². The first kappa shape index (κ1) is 21.4. The molecule has 0 radical (unpaired) electrons. The summed E-state index contributed by atoms with van der Waals surface area (Å²) in [6.45, 7) is 2.68. The highest BCUT2D eigenvalue weighted by atomic mass is 35.5. The van der Waals surface area contributed by atoms with Gasteiger partial charge in [0.15, 0.2) is 0 Å². The van der Waals surface area contributed by atoms with Gasteiger partial charge in [-0.25, -0.2) is 0 Å². The van der Waals surface area contributed by atoms with E-state index in [9.17, 15) is 14.7 Å². The van der Waals surface area contributed by atoms with Crippen LogP contribution in [0, 0.1) is 11.8 Å². The minimum atomic E-state index is -0.705. The summed E-state index contributed by atoms with van der Waals surface area (Å²) in [5.41, 5.74) is 2.68. The molecule has 4 rings (SSSR count). The van der Waals surface area contributed by atoms with Crippen molar-refractivity contribution in [1.82, 2.24) is 9.88 Å². The SMILES string of the molecule is CC(NC(=O)c1cccc2ccn(Cc3ccc(Cl)cc3)c12)[C@H]1CC[C@H](C(=O)O)CC1. The molecule has 1 aromatic heterocycles. The lowest BCUT2D eigenvalue weighted by Gasteiger charge is -2.31. The number of para-hydroxylation sites is 1. The summed E-state index contributed by atoms with van der Waals surface area (Å²) in [5.74, 6) is -0.735. The van der Waals surface area contributed by atoms with E-state index in [2.05, 4.69) is 9.88 Å². The van der Waals surface area contributed by atoms with Gasteiger partial charge in [0, 0.05) is 29.2 Å². The number of nitrogens with zero attached hydrogens (tertiary/aromatic N) is 1. The van der Waals surface area contributed by atoms with Crippen molar-refractivity contribution in [3.63, 3.8) is 0 Å². The molecule has 31 heavy (non-hydrogen) atoms. The van der Waals surface area contributed by atoms with Gasteiger partial charge in [-0.05, 0) is 68.4 Å². The van der Waals surface area contributed by atoms with E-state index in [1.807, 2.05) is 61.7 Å². The molecule has 1 aliphatic rings. The second-order valence-electron chi connectivity index (χ2n) is 8.53. The fourth-order valence-corrected chi connectivity index (χ4v) is 4.76. The normalized spacial score (nSPS) is 19.8. The van der Waals surface area contributed by atoms with Crippen LogP contribution in [-0.2, 0) is 11.3 Å². The van der Waals surface area contributed by atoms with Crippen molar-refractivity contribution in [3.8, 4) is 0 Å². The first-order valence-corrected chi connectivity index (χ1v) is 11.2. The van der Waals surface area contributed by atoms with Gasteiger partial charge in [-0.2, -0.15) is 0 Å². The number of fused-ring (bicyclic) bond motifs is 1. The quantitative estimate of drug-likeness (QED) is 0.544. The van der Waals surface area contributed by atoms with Crippen LogP contribution in [-0.4, -0.2) is 27.6 Å². The number of nitrogens with one attached hydrogen (secondary N) is 1. The Bertz CT molecular complexity index is 1080. The van der Waals surface area contributed by atoms with E-state index in [0.717, 1.165) is 29.3 Å². The molecule has 5 nitrogen and oxygen atoms in total. The van der Waals surface area contributed by atoms with E-state index < -0.39 is 5.97 Å². The number of rotatable bonds is 6. The number of carbonyl (C=O) groups excluding carboxylic acids is 1. The van der Waals surface area contributed by atoms with Crippen molar-refractivity contribution in [3.05, 3.63) is 70.9 Å². The third-order valence-corrected chi connectivity index (χ3v) is 6.74. The molecule has 1 saturated carbocycles. The predicted molar refractivity (Wildman–Crippen MR) is 123 cm³/mol. The Hall–Kier alpha value is -2.79. The number of carbonyl (C=O) groups is 2. The van der Waals surface area contributed by atoms with Crippen LogP contribution in [0.1, 0.15) is 48.5 Å². The van der Waals surface area contributed by atoms with Gasteiger partial charge in [0.25, 0.3) is 5.91 Å². The van der Waals surface area contributed by atoms with Crippen molar-refractivity contribution in [2.24, 2.45) is 11.8 Å². The molecule has 1 fully saturated rings. The molecule has 2 aromatic carbocycles. The van der Waals surface area contributed by atoms with E-state index in [-0.39, 0.29) is 17.9 Å². The van der Waals surface area contributed by atoms with Gasteiger partial charge in [0.1, 0.15) is 0 Å². The molecule has 2 N–H and O–H groups in total. The highest BCUT2D eigenvalue weighted by molar-refractivity contribution is 6.30. The number of benzene rings is 2. The summed E-state index contributed by atoms with van der Waals surface area (Å²) in [6, 6.07) is 15.5. The molecular weight excluding hydrogens is 412 g/mol. The van der Waals surface area contributed by atoms with Gasteiger partial charge >= 0.3 is 5.97 Å². The van der Waals surface area contributed by atoms with E-state index in [4.69, 9.17) is 11.6 Å². The van der Waals surface area contributed by atoms with Crippen LogP contribution in [0.5, 0.6) is 0 Å². The summed E-state index contributed by atoms with van der Waals surface area (Å²) in [4.78, 5) is 24.4. The molecule has 1 aliphatic carbocycles. The lowest BCUT2D eigenvalue weighted by atomic mass is 9.79. The summed E-state index contributed by atoms with van der Waals surface area (Å²) >= 11 is 6.00. The third-order valence-electron chi connectivity index (χ3n) is 6.49. The highest BCUT2D eigenvalue weighted by Gasteiger charge is 2.29. The van der Waals surface area contributed by atoms with Crippen LogP contribution in [0.4, 0.5) is 0 Å². The van der Waals surface area contributed by atoms with Crippen LogP contribution >= 0.6 is 11.6 Å². The van der Waals surface area contributed by atoms with Gasteiger partial charge in [-0.3, -0.25) is 9.59 Å². The molecule has 1 unspecified atom stereocenters. The average Bonchev–Trinajstić information content (AvgIpc) is 3.18. The first-order chi connectivity index (χ1) is 14.9. The van der Waals surface area contributed by atoms with Crippen molar-refractivity contribution in [2.45, 2.75) is 45.2 Å². The van der Waals surface area contributed by atoms with Crippen molar-refractivity contribution >= 4 is 34.4 Å². The molecule has 1 amide bonds. The number of amides is 1. The molecule has 3 aromatic rings. The molecule has 6 heteroatoms. The largest absolute Gasteiger partial charge is 0.481 e. The Morgan fingerprint density at radius 2 is 1.81 bits per heavy atom. The van der Waals surface area contributed by atoms with E-state index in [1.165, 1.54) is 0 Å². The van der Waals surface area contributed by atoms with Gasteiger partial charge in [0.05, 0.1) is 17.0 Å². The molecule has 0 bridgehead atoms. The number of aliphatic carboxylic acids is 1. The standard InChI is InChI=1S/C25H27ClN2O3/c1-16(18-7-9-20(10-8-18)25(30)31)27-24(29)22-4-2-3-19-13-14-28(23(19)22)15-17-5-11-21(26)12-6-17/h2-6,11-14,16,18,20H,7-10,15H2,1H3,(H,27,29)(H,30,31)/t16?,18-,20-. The number of aromatic nitrogens is 1.